The lowest BCUT2D eigenvalue weighted by atomic mass is 9.94. The maximum absolute atomic E-state index is 13.6. The standard InChI is InChI=1S/C30H38FN5O7/c1-34(2)27(37)10-6-5-8-23(26(43-4)19-36(30(40)41)14-15-42-3)28(38)33-25-9-7-13-35(29(25)39)18-22-17-20-16-21(31)11-12-24(20)32-22/h6-7,9-13,16-17,23,26,32H,5,8,14-15,18-19H2,1-4H3,(H,33,38)(H,40,41)/b10-6+/t23-,26?/m0/s1. The van der Waals surface area contributed by atoms with Crippen LogP contribution in [0.3, 0.4) is 0 Å². The fourth-order valence-electron chi connectivity index (χ4n) is 4.56. The zero-order valence-electron chi connectivity index (χ0n) is 24.7. The van der Waals surface area contributed by atoms with Crippen LogP contribution in [0.25, 0.3) is 10.9 Å². The second kappa shape index (κ2) is 15.7. The second-order valence-corrected chi connectivity index (χ2v) is 10.2. The summed E-state index contributed by atoms with van der Waals surface area (Å²) in [6.45, 7) is 0.263. The minimum Gasteiger partial charge on any atom is -0.465 e. The molecule has 0 fully saturated rings. The maximum Gasteiger partial charge on any atom is 0.407 e. The topological polar surface area (TPSA) is 146 Å². The number of allylic oxidation sites excluding steroid dienone is 1. The number of nitrogens with one attached hydrogen (secondary N) is 2. The van der Waals surface area contributed by atoms with Crippen molar-refractivity contribution in [2.75, 3.05) is 53.3 Å². The average Bonchev–Trinajstić information content (AvgIpc) is 3.36. The van der Waals surface area contributed by atoms with Gasteiger partial charge in [-0.3, -0.25) is 14.4 Å². The third-order valence-electron chi connectivity index (χ3n) is 6.93. The Morgan fingerprint density at radius 3 is 2.63 bits per heavy atom. The van der Waals surface area contributed by atoms with Crippen molar-refractivity contribution < 1.29 is 33.4 Å². The fourth-order valence-corrected chi connectivity index (χ4v) is 4.56. The van der Waals surface area contributed by atoms with Crippen LogP contribution in [0.2, 0.25) is 0 Å². The van der Waals surface area contributed by atoms with E-state index in [1.807, 2.05) is 0 Å². The van der Waals surface area contributed by atoms with Crippen molar-refractivity contribution in [3.05, 3.63) is 76.6 Å². The Labute approximate surface area is 248 Å². The number of likely N-dealkylation sites (N-methyl/N-ethyl adjacent to an activating group) is 1. The van der Waals surface area contributed by atoms with Crippen LogP contribution in [0.1, 0.15) is 18.5 Å². The van der Waals surface area contributed by atoms with Crippen molar-refractivity contribution >= 4 is 34.5 Å². The van der Waals surface area contributed by atoms with Crippen molar-refractivity contribution in [3.8, 4) is 0 Å². The lowest BCUT2D eigenvalue weighted by Crippen LogP contribution is -2.45. The molecule has 0 bridgehead atoms. The predicted molar refractivity (Wildman–Crippen MR) is 160 cm³/mol. The largest absolute Gasteiger partial charge is 0.465 e. The molecule has 0 aliphatic rings. The van der Waals surface area contributed by atoms with E-state index in [9.17, 15) is 28.7 Å². The van der Waals surface area contributed by atoms with Gasteiger partial charge in [0.15, 0.2) is 0 Å². The van der Waals surface area contributed by atoms with Crippen LogP contribution >= 0.6 is 0 Å². The molecular formula is C30H38FN5O7. The highest BCUT2D eigenvalue weighted by molar-refractivity contribution is 5.93. The van der Waals surface area contributed by atoms with Gasteiger partial charge in [-0.2, -0.15) is 0 Å². The number of H-pyrrole nitrogens is 1. The summed E-state index contributed by atoms with van der Waals surface area (Å²) in [5, 5.41) is 13.0. The Kier molecular flexibility index (Phi) is 12.0. The molecule has 0 spiro atoms. The van der Waals surface area contributed by atoms with Gasteiger partial charge in [0.05, 0.1) is 31.7 Å². The van der Waals surface area contributed by atoms with E-state index in [0.717, 1.165) is 10.4 Å². The Balaban J connectivity index is 1.83. The first-order chi connectivity index (χ1) is 20.5. The zero-order chi connectivity index (χ0) is 31.5. The molecule has 2 aromatic heterocycles. The number of carboxylic acid groups (broad SMARTS) is 1. The first-order valence-corrected chi connectivity index (χ1v) is 13.7. The summed E-state index contributed by atoms with van der Waals surface area (Å²) < 4.78 is 25.6. The van der Waals surface area contributed by atoms with E-state index in [1.54, 1.807) is 44.6 Å². The number of amides is 3. The van der Waals surface area contributed by atoms with Gasteiger partial charge in [0.25, 0.3) is 5.56 Å². The predicted octanol–water partition coefficient (Wildman–Crippen LogP) is 3.14. The van der Waals surface area contributed by atoms with Crippen LogP contribution < -0.4 is 10.9 Å². The van der Waals surface area contributed by atoms with Gasteiger partial charge in [-0.15, -0.1) is 0 Å². The molecule has 1 unspecified atom stereocenters. The van der Waals surface area contributed by atoms with Crippen LogP contribution in [-0.2, 0) is 25.6 Å². The molecule has 12 nitrogen and oxygen atoms in total. The number of anilines is 1. The molecule has 0 saturated carbocycles. The Hall–Kier alpha value is -4.49. The van der Waals surface area contributed by atoms with Crippen molar-refractivity contribution in [1.29, 1.82) is 0 Å². The molecule has 3 N–H and O–H groups in total. The third-order valence-corrected chi connectivity index (χ3v) is 6.93. The molecule has 3 rings (SSSR count). The number of ether oxygens (including phenoxy) is 2. The molecule has 0 aliphatic carbocycles. The zero-order valence-corrected chi connectivity index (χ0v) is 24.7. The molecule has 232 valence electrons. The highest BCUT2D eigenvalue weighted by Gasteiger charge is 2.31. The SMILES string of the molecule is COCCN(CC(OC)[C@H](CC/C=C/C(=O)N(C)C)C(=O)Nc1cccn(Cc2cc3cc(F)ccc3[nH]2)c1=O)C(=O)O. The quantitative estimate of drug-likeness (QED) is 0.228. The van der Waals surface area contributed by atoms with Gasteiger partial charge in [-0.1, -0.05) is 6.08 Å². The molecule has 1 aromatic carbocycles. The number of aromatic amines is 1. The Morgan fingerprint density at radius 2 is 1.95 bits per heavy atom. The molecular weight excluding hydrogens is 561 g/mol. The number of pyridine rings is 1. The summed E-state index contributed by atoms with van der Waals surface area (Å²) in [4.78, 5) is 56.4. The van der Waals surface area contributed by atoms with Gasteiger partial charge < -0.3 is 39.2 Å². The first-order valence-electron chi connectivity index (χ1n) is 13.7. The normalized spacial score (nSPS) is 12.8. The number of hydrogen-bond donors (Lipinski definition) is 3. The van der Waals surface area contributed by atoms with E-state index in [0.29, 0.717) is 17.5 Å². The summed E-state index contributed by atoms with van der Waals surface area (Å²) >= 11 is 0. The number of halogens is 1. The summed E-state index contributed by atoms with van der Waals surface area (Å²) in [5.41, 5.74) is 0.969. The minimum atomic E-state index is -1.19. The monoisotopic (exact) mass is 599 g/mol. The second-order valence-electron chi connectivity index (χ2n) is 10.2. The van der Waals surface area contributed by atoms with Gasteiger partial charge in [0.1, 0.15) is 11.5 Å². The smallest absolute Gasteiger partial charge is 0.407 e. The number of methoxy groups -OCH3 is 2. The van der Waals surface area contributed by atoms with Crippen LogP contribution in [0.15, 0.2) is 59.5 Å². The van der Waals surface area contributed by atoms with E-state index in [4.69, 9.17) is 9.47 Å². The van der Waals surface area contributed by atoms with Crippen LogP contribution in [-0.4, -0.2) is 96.5 Å². The van der Waals surface area contributed by atoms with Gasteiger partial charge in [-0.05, 0) is 55.3 Å². The Morgan fingerprint density at radius 1 is 1.19 bits per heavy atom. The van der Waals surface area contributed by atoms with Crippen molar-refractivity contribution in [2.24, 2.45) is 5.92 Å². The van der Waals surface area contributed by atoms with Gasteiger partial charge in [0, 0.05) is 57.7 Å². The lowest BCUT2D eigenvalue weighted by Gasteiger charge is -2.29. The highest BCUT2D eigenvalue weighted by atomic mass is 19.1. The summed E-state index contributed by atoms with van der Waals surface area (Å²) in [6.07, 6.45) is 3.09. The number of carbonyl (C=O) groups excluding carboxylic acids is 2. The highest BCUT2D eigenvalue weighted by Crippen LogP contribution is 2.20. The number of benzene rings is 1. The van der Waals surface area contributed by atoms with Crippen LogP contribution in [0.4, 0.5) is 14.9 Å². The van der Waals surface area contributed by atoms with E-state index in [1.165, 1.54) is 48.0 Å². The van der Waals surface area contributed by atoms with Crippen molar-refractivity contribution in [1.82, 2.24) is 19.4 Å². The average molecular weight is 600 g/mol. The molecule has 2 heterocycles. The van der Waals surface area contributed by atoms with E-state index >= 15 is 0 Å². The number of carbonyl (C=O) groups is 3. The van der Waals surface area contributed by atoms with Crippen molar-refractivity contribution in [2.45, 2.75) is 25.5 Å². The number of nitrogens with zero attached hydrogens (tertiary/aromatic N) is 3. The molecule has 43 heavy (non-hydrogen) atoms. The summed E-state index contributed by atoms with van der Waals surface area (Å²) in [6, 6.07) is 9.21. The summed E-state index contributed by atoms with van der Waals surface area (Å²) in [5.74, 6) is -1.99. The number of fused-ring (bicyclic) bond motifs is 1. The lowest BCUT2D eigenvalue weighted by molar-refractivity contribution is -0.125. The third kappa shape index (κ3) is 9.25. The first kappa shape index (κ1) is 33.0. The van der Waals surface area contributed by atoms with E-state index in [2.05, 4.69) is 10.3 Å². The van der Waals surface area contributed by atoms with Gasteiger partial charge in [-0.25, -0.2) is 9.18 Å². The molecule has 0 saturated heterocycles. The molecule has 0 aliphatic heterocycles. The van der Waals surface area contributed by atoms with E-state index in [-0.39, 0.29) is 50.1 Å². The molecule has 2 atom stereocenters. The fraction of sp³-hybridized carbons (Fsp3) is 0.400. The van der Waals surface area contributed by atoms with Crippen molar-refractivity contribution in [3.63, 3.8) is 0 Å². The number of aromatic nitrogens is 2. The Bertz CT molecular complexity index is 1500. The van der Waals surface area contributed by atoms with E-state index < -0.39 is 29.6 Å². The summed E-state index contributed by atoms with van der Waals surface area (Å²) in [7, 11) is 6.08. The number of hydrogen-bond acceptors (Lipinski definition) is 6. The van der Waals surface area contributed by atoms with Crippen LogP contribution in [0, 0.1) is 11.7 Å². The number of rotatable bonds is 15. The maximum atomic E-state index is 13.6. The van der Waals surface area contributed by atoms with Gasteiger partial charge in [0.2, 0.25) is 11.8 Å². The minimum absolute atomic E-state index is 0.0299. The van der Waals surface area contributed by atoms with Crippen LogP contribution in [0.5, 0.6) is 0 Å². The molecule has 0 radical (unpaired) electrons. The van der Waals surface area contributed by atoms with Gasteiger partial charge >= 0.3 is 6.09 Å². The molecule has 3 amide bonds. The molecule has 3 aromatic rings. The molecule has 13 heteroatoms.